The highest BCUT2D eigenvalue weighted by Crippen LogP contribution is 2.39. The number of carbonyl (C=O) groups excluding carboxylic acids is 2. The molecule has 0 unspecified atom stereocenters. The molecular weight excluding hydrogens is 394 g/mol. The van der Waals surface area contributed by atoms with E-state index in [0.717, 1.165) is 48.4 Å². The second kappa shape index (κ2) is 7.70. The molecule has 2 aromatic carbocycles. The van der Waals surface area contributed by atoms with Crippen molar-refractivity contribution < 1.29 is 9.59 Å². The van der Waals surface area contributed by atoms with Crippen LogP contribution in [0, 0.1) is 0 Å². The van der Waals surface area contributed by atoms with Gasteiger partial charge in [0, 0.05) is 36.4 Å². The Labute approximate surface area is 179 Å². The zero-order valence-corrected chi connectivity index (χ0v) is 17.7. The number of benzene rings is 2. The first-order chi connectivity index (χ1) is 14.7. The van der Waals surface area contributed by atoms with E-state index >= 15 is 0 Å². The molecule has 0 bridgehead atoms. The predicted molar refractivity (Wildman–Crippen MR) is 121 cm³/mol. The molecule has 5 rings (SSSR count). The molecule has 0 atom stereocenters. The number of nitrogens with zero attached hydrogens (tertiary/aromatic N) is 3. The molecule has 3 heterocycles. The zero-order valence-electron chi connectivity index (χ0n) is 16.9. The number of carbonyl (C=O) groups is 2. The lowest BCUT2D eigenvalue weighted by Crippen LogP contribution is -2.47. The fourth-order valence-corrected chi connectivity index (χ4v) is 5.13. The topological polar surface area (TPSA) is 43.9 Å². The molecule has 6 heteroatoms. The van der Waals surface area contributed by atoms with E-state index in [1.54, 1.807) is 0 Å². The van der Waals surface area contributed by atoms with Crippen LogP contribution in [0.2, 0.25) is 0 Å². The fourth-order valence-electron chi connectivity index (χ4n) is 4.36. The van der Waals surface area contributed by atoms with Gasteiger partial charge < -0.3 is 9.80 Å². The van der Waals surface area contributed by atoms with E-state index < -0.39 is 0 Å². The Bertz CT molecular complexity index is 1140. The number of anilines is 1. The number of amides is 2. The van der Waals surface area contributed by atoms with Crippen molar-refractivity contribution in [3.05, 3.63) is 70.6 Å². The van der Waals surface area contributed by atoms with Crippen LogP contribution >= 0.6 is 11.3 Å². The Morgan fingerprint density at radius 2 is 1.63 bits per heavy atom. The molecule has 0 saturated carbocycles. The van der Waals surface area contributed by atoms with Gasteiger partial charge in [0.05, 0.1) is 11.3 Å². The molecule has 1 aromatic heterocycles. The molecule has 0 radical (unpaired) electrons. The molecule has 1 fully saturated rings. The van der Waals surface area contributed by atoms with Crippen LogP contribution < -0.4 is 4.90 Å². The van der Waals surface area contributed by atoms with E-state index in [1.165, 1.54) is 16.2 Å². The van der Waals surface area contributed by atoms with Gasteiger partial charge in [-0.2, -0.15) is 0 Å². The number of rotatable bonds is 4. The third-order valence-corrected chi connectivity index (χ3v) is 6.86. The highest BCUT2D eigenvalue weighted by Gasteiger charge is 2.43. The zero-order chi connectivity index (χ0) is 20.7. The molecule has 30 heavy (non-hydrogen) atoms. The molecule has 0 aliphatic carbocycles. The van der Waals surface area contributed by atoms with Crippen LogP contribution in [-0.2, 0) is 9.59 Å². The van der Waals surface area contributed by atoms with Gasteiger partial charge in [0.25, 0.3) is 11.8 Å². The molecule has 1 saturated heterocycles. The Hall–Kier alpha value is -2.96. The predicted octanol–water partition coefficient (Wildman–Crippen LogP) is 3.82. The molecular formula is C24H23N3O2S. The van der Waals surface area contributed by atoms with Crippen LogP contribution in [0.25, 0.3) is 16.3 Å². The second-order valence-electron chi connectivity index (χ2n) is 7.57. The van der Waals surface area contributed by atoms with E-state index in [2.05, 4.69) is 16.7 Å². The lowest BCUT2D eigenvalue weighted by Gasteiger charge is -2.35. The number of hydrogen-bond donors (Lipinski definition) is 0. The maximum atomic E-state index is 13.7. The number of hydrogen-bond acceptors (Lipinski definition) is 5. The van der Waals surface area contributed by atoms with Gasteiger partial charge in [-0.25, -0.2) is 4.90 Å². The summed E-state index contributed by atoms with van der Waals surface area (Å²) in [7, 11) is 0. The number of thiophene rings is 1. The smallest absolute Gasteiger partial charge is 0.282 e. The van der Waals surface area contributed by atoms with Gasteiger partial charge in [-0.1, -0.05) is 49.4 Å². The standard InChI is InChI=1S/C24H23N3O2S/c1-2-25-12-14-26(15-13-25)22-21(20-11-6-16-30-20)23(28)27(24(22)29)19-10-5-8-17-7-3-4-9-18(17)19/h3-11,16H,2,12-15H2,1H3. The minimum absolute atomic E-state index is 0.218. The summed E-state index contributed by atoms with van der Waals surface area (Å²) in [5, 5.41) is 3.87. The monoisotopic (exact) mass is 417 g/mol. The van der Waals surface area contributed by atoms with Crippen LogP contribution in [0.4, 0.5) is 5.69 Å². The van der Waals surface area contributed by atoms with E-state index in [1.807, 2.05) is 60.0 Å². The summed E-state index contributed by atoms with van der Waals surface area (Å²) in [6.45, 7) is 6.44. The van der Waals surface area contributed by atoms with Crippen molar-refractivity contribution in [3.8, 4) is 0 Å². The Morgan fingerprint density at radius 3 is 2.37 bits per heavy atom. The van der Waals surface area contributed by atoms with Gasteiger partial charge in [-0.15, -0.1) is 11.3 Å². The maximum absolute atomic E-state index is 13.7. The minimum Gasteiger partial charge on any atom is -0.364 e. The largest absolute Gasteiger partial charge is 0.364 e. The SMILES string of the molecule is CCN1CCN(C2=C(c3cccs3)C(=O)N(c3cccc4ccccc34)C2=O)CC1. The normalized spacial score (nSPS) is 18.2. The minimum atomic E-state index is -0.230. The summed E-state index contributed by atoms with van der Waals surface area (Å²) >= 11 is 1.50. The van der Waals surface area contributed by atoms with Gasteiger partial charge >= 0.3 is 0 Å². The lowest BCUT2D eigenvalue weighted by molar-refractivity contribution is -0.120. The van der Waals surface area contributed by atoms with E-state index in [-0.39, 0.29) is 11.8 Å². The van der Waals surface area contributed by atoms with Gasteiger partial charge in [0.2, 0.25) is 0 Å². The van der Waals surface area contributed by atoms with E-state index in [4.69, 9.17) is 0 Å². The third-order valence-electron chi connectivity index (χ3n) is 5.97. The van der Waals surface area contributed by atoms with Crippen LogP contribution in [0.15, 0.2) is 65.7 Å². The van der Waals surface area contributed by atoms with Gasteiger partial charge in [-0.3, -0.25) is 9.59 Å². The van der Waals surface area contributed by atoms with Crippen molar-refractivity contribution in [3.63, 3.8) is 0 Å². The summed E-state index contributed by atoms with van der Waals surface area (Å²) < 4.78 is 0. The molecule has 5 nitrogen and oxygen atoms in total. The van der Waals surface area contributed by atoms with Crippen molar-refractivity contribution in [1.82, 2.24) is 9.80 Å². The fraction of sp³-hybridized carbons (Fsp3) is 0.250. The average Bonchev–Trinajstić information content (AvgIpc) is 3.40. The number of imide groups is 1. The van der Waals surface area contributed by atoms with Crippen LogP contribution in [0.3, 0.4) is 0 Å². The first-order valence-electron chi connectivity index (χ1n) is 10.3. The summed E-state index contributed by atoms with van der Waals surface area (Å²) in [4.78, 5) is 34.1. The van der Waals surface area contributed by atoms with Crippen molar-refractivity contribution in [1.29, 1.82) is 0 Å². The van der Waals surface area contributed by atoms with E-state index in [9.17, 15) is 9.59 Å². The van der Waals surface area contributed by atoms with Crippen molar-refractivity contribution >= 4 is 45.2 Å². The lowest BCUT2D eigenvalue weighted by atomic mass is 10.1. The second-order valence-corrected chi connectivity index (χ2v) is 8.51. The van der Waals surface area contributed by atoms with E-state index in [0.29, 0.717) is 17.0 Å². The van der Waals surface area contributed by atoms with Gasteiger partial charge in [0.1, 0.15) is 5.70 Å². The van der Waals surface area contributed by atoms with Crippen LogP contribution in [0.5, 0.6) is 0 Å². The molecule has 2 amide bonds. The Morgan fingerprint density at radius 1 is 0.867 bits per heavy atom. The molecule has 2 aliphatic rings. The number of likely N-dealkylation sites (N-methyl/N-ethyl adjacent to an activating group) is 1. The van der Waals surface area contributed by atoms with Crippen molar-refractivity contribution in [2.45, 2.75) is 6.92 Å². The quantitative estimate of drug-likeness (QED) is 0.606. The molecule has 2 aliphatic heterocycles. The Kier molecular flexibility index (Phi) is 4.89. The highest BCUT2D eigenvalue weighted by atomic mass is 32.1. The maximum Gasteiger partial charge on any atom is 0.282 e. The van der Waals surface area contributed by atoms with Crippen molar-refractivity contribution in [2.24, 2.45) is 0 Å². The molecule has 0 spiro atoms. The average molecular weight is 418 g/mol. The first kappa shape index (κ1) is 19.0. The first-order valence-corrected chi connectivity index (χ1v) is 11.2. The summed E-state index contributed by atoms with van der Waals surface area (Å²) in [5.41, 5.74) is 1.73. The highest BCUT2D eigenvalue weighted by molar-refractivity contribution is 7.11. The summed E-state index contributed by atoms with van der Waals surface area (Å²) in [6, 6.07) is 17.5. The Balaban J connectivity index is 1.61. The van der Waals surface area contributed by atoms with Gasteiger partial charge in [0.15, 0.2) is 0 Å². The van der Waals surface area contributed by atoms with Gasteiger partial charge in [-0.05, 0) is 29.4 Å². The number of fused-ring (bicyclic) bond motifs is 1. The van der Waals surface area contributed by atoms with Crippen molar-refractivity contribution in [2.75, 3.05) is 37.6 Å². The van der Waals surface area contributed by atoms with Crippen LogP contribution in [-0.4, -0.2) is 54.3 Å². The summed E-state index contributed by atoms with van der Waals surface area (Å²) in [6.07, 6.45) is 0. The third kappa shape index (κ3) is 3.04. The number of piperazine rings is 1. The molecule has 3 aromatic rings. The summed E-state index contributed by atoms with van der Waals surface area (Å²) in [5.74, 6) is -0.448. The van der Waals surface area contributed by atoms with Crippen LogP contribution in [0.1, 0.15) is 11.8 Å². The molecule has 152 valence electrons. The molecule has 0 N–H and O–H groups in total.